The molecular formula is C30H27Cl2N3O5S. The van der Waals surface area contributed by atoms with Gasteiger partial charge in [0, 0.05) is 44.5 Å². The molecule has 1 aliphatic carbocycles. The lowest BCUT2D eigenvalue weighted by atomic mass is 9.68. The van der Waals surface area contributed by atoms with Gasteiger partial charge in [-0.1, -0.05) is 35.3 Å². The second-order valence-corrected chi connectivity index (χ2v) is 11.3. The third-order valence-corrected chi connectivity index (χ3v) is 8.55. The highest BCUT2D eigenvalue weighted by molar-refractivity contribution is 7.10. The Bertz CT molecular complexity index is 1540. The van der Waals surface area contributed by atoms with E-state index < -0.39 is 35.5 Å². The van der Waals surface area contributed by atoms with Crippen LogP contribution in [0.25, 0.3) is 0 Å². The molecule has 2 aliphatic rings. The van der Waals surface area contributed by atoms with Crippen molar-refractivity contribution in [1.29, 1.82) is 0 Å². The number of nitrogens with zero attached hydrogens (tertiary/aromatic N) is 2. The van der Waals surface area contributed by atoms with Crippen LogP contribution in [0.15, 0.2) is 82.9 Å². The SMILES string of the molecule is CCOC(=O)C1=C(N)N(c2cc(Cl)cc(Cl)c2)C2=C(C(=O)[C@@H](C(=O)OCC)[C@@H](c3cccs3)C2)[C@@H]1c1cccnc1. The second kappa shape index (κ2) is 12.1. The number of allylic oxidation sites excluding steroid dienone is 2. The molecule has 0 radical (unpaired) electrons. The molecule has 3 atom stereocenters. The van der Waals surface area contributed by atoms with E-state index in [1.807, 2.05) is 17.5 Å². The predicted molar refractivity (Wildman–Crippen MR) is 158 cm³/mol. The smallest absolute Gasteiger partial charge is 0.338 e. The maximum atomic E-state index is 14.6. The van der Waals surface area contributed by atoms with Gasteiger partial charge >= 0.3 is 11.9 Å². The van der Waals surface area contributed by atoms with Gasteiger partial charge in [-0.2, -0.15) is 0 Å². The highest BCUT2D eigenvalue weighted by atomic mass is 35.5. The van der Waals surface area contributed by atoms with Crippen LogP contribution in [0, 0.1) is 5.92 Å². The molecule has 0 saturated heterocycles. The van der Waals surface area contributed by atoms with E-state index in [0.29, 0.717) is 27.0 Å². The number of hydrogen-bond acceptors (Lipinski definition) is 9. The Morgan fingerprint density at radius 1 is 1.10 bits per heavy atom. The van der Waals surface area contributed by atoms with E-state index in [1.54, 1.807) is 61.5 Å². The topological polar surface area (TPSA) is 112 Å². The summed E-state index contributed by atoms with van der Waals surface area (Å²) in [5, 5.41) is 2.58. The first kappa shape index (κ1) is 28.9. The number of Topliss-reactive ketones (excluding diaryl/α,β-unsaturated/α-hetero) is 1. The number of thiophene rings is 1. The minimum atomic E-state index is -1.13. The summed E-state index contributed by atoms with van der Waals surface area (Å²) in [6.07, 6.45) is 3.42. The van der Waals surface area contributed by atoms with Crippen LogP contribution in [0.2, 0.25) is 10.0 Å². The van der Waals surface area contributed by atoms with Crippen LogP contribution < -0.4 is 10.6 Å². The summed E-state index contributed by atoms with van der Waals surface area (Å²) in [4.78, 5) is 48.3. The molecule has 0 spiro atoms. The van der Waals surface area contributed by atoms with Gasteiger partial charge in [-0.05, 0) is 61.5 Å². The Morgan fingerprint density at radius 2 is 1.83 bits per heavy atom. The first-order valence-corrected chi connectivity index (χ1v) is 14.7. The van der Waals surface area contributed by atoms with Crippen LogP contribution in [0.5, 0.6) is 0 Å². The number of esters is 2. The molecule has 0 saturated carbocycles. The molecule has 0 bridgehead atoms. The first-order valence-electron chi connectivity index (χ1n) is 13.1. The van der Waals surface area contributed by atoms with Crippen LogP contribution in [0.1, 0.15) is 42.5 Å². The molecule has 1 aliphatic heterocycles. The fourth-order valence-electron chi connectivity index (χ4n) is 5.55. The van der Waals surface area contributed by atoms with Crippen molar-refractivity contribution in [2.45, 2.75) is 32.1 Å². The van der Waals surface area contributed by atoms with Crippen LogP contribution in [-0.4, -0.2) is 35.9 Å². The minimum absolute atomic E-state index is 0.0558. The van der Waals surface area contributed by atoms with Crippen LogP contribution >= 0.6 is 34.5 Å². The Morgan fingerprint density at radius 3 is 2.44 bits per heavy atom. The number of ketones is 1. The van der Waals surface area contributed by atoms with Crippen molar-refractivity contribution in [3.05, 3.63) is 103 Å². The summed E-state index contributed by atoms with van der Waals surface area (Å²) in [6, 6.07) is 12.1. The van der Waals surface area contributed by atoms with Crippen LogP contribution in [0.4, 0.5) is 5.69 Å². The lowest BCUT2D eigenvalue weighted by molar-refractivity contribution is -0.152. The molecule has 0 fully saturated rings. The summed E-state index contributed by atoms with van der Waals surface area (Å²) < 4.78 is 10.9. The zero-order valence-corrected chi connectivity index (χ0v) is 24.6. The number of benzene rings is 1. The molecule has 212 valence electrons. The van der Waals surface area contributed by atoms with Gasteiger partial charge in [0.15, 0.2) is 5.78 Å². The molecule has 0 unspecified atom stereocenters. The van der Waals surface area contributed by atoms with E-state index in [2.05, 4.69) is 4.98 Å². The van der Waals surface area contributed by atoms with Gasteiger partial charge in [0.1, 0.15) is 11.7 Å². The summed E-state index contributed by atoms with van der Waals surface area (Å²) in [5.74, 6) is -4.28. The molecule has 3 heterocycles. The first-order chi connectivity index (χ1) is 19.8. The fourth-order valence-corrected chi connectivity index (χ4v) is 6.93. The second-order valence-electron chi connectivity index (χ2n) is 9.48. The highest BCUT2D eigenvalue weighted by Gasteiger charge is 2.51. The molecule has 2 aromatic heterocycles. The normalized spacial score (nSPS) is 20.6. The molecule has 8 nitrogen and oxygen atoms in total. The highest BCUT2D eigenvalue weighted by Crippen LogP contribution is 2.52. The Labute approximate surface area is 251 Å². The lowest BCUT2D eigenvalue weighted by Gasteiger charge is -2.43. The van der Waals surface area contributed by atoms with Crippen LogP contribution in [-0.2, 0) is 23.9 Å². The van der Waals surface area contributed by atoms with E-state index in [1.165, 1.54) is 11.3 Å². The number of aromatic nitrogens is 1. The molecule has 2 N–H and O–H groups in total. The van der Waals surface area contributed by atoms with E-state index in [9.17, 15) is 14.4 Å². The minimum Gasteiger partial charge on any atom is -0.465 e. The molecule has 5 rings (SSSR count). The molecule has 3 aromatic rings. The number of nitrogens with two attached hydrogens (primary N) is 1. The number of hydrogen-bond donors (Lipinski definition) is 1. The van der Waals surface area contributed by atoms with Gasteiger partial charge in [0.25, 0.3) is 0 Å². The number of carbonyl (C=O) groups excluding carboxylic acids is 3. The summed E-state index contributed by atoms with van der Waals surface area (Å²) in [5.41, 5.74) is 8.69. The van der Waals surface area contributed by atoms with Gasteiger partial charge in [0.2, 0.25) is 0 Å². The third-order valence-electron chi connectivity index (χ3n) is 7.11. The van der Waals surface area contributed by atoms with E-state index >= 15 is 0 Å². The van der Waals surface area contributed by atoms with E-state index in [4.69, 9.17) is 38.4 Å². The van der Waals surface area contributed by atoms with Crippen molar-refractivity contribution >= 4 is 57.9 Å². The predicted octanol–water partition coefficient (Wildman–Crippen LogP) is 5.98. The average Bonchev–Trinajstić information content (AvgIpc) is 3.47. The fraction of sp³-hybridized carbons (Fsp3) is 0.267. The van der Waals surface area contributed by atoms with Crippen molar-refractivity contribution < 1.29 is 23.9 Å². The van der Waals surface area contributed by atoms with Crippen LogP contribution in [0.3, 0.4) is 0 Å². The lowest BCUT2D eigenvalue weighted by Crippen LogP contribution is -2.46. The van der Waals surface area contributed by atoms with E-state index in [0.717, 1.165) is 4.88 Å². The van der Waals surface area contributed by atoms with Gasteiger partial charge in [-0.25, -0.2) is 4.79 Å². The number of ether oxygens (including phenoxy) is 2. The zero-order chi connectivity index (χ0) is 29.3. The van der Waals surface area contributed by atoms with Gasteiger partial charge < -0.3 is 15.2 Å². The number of pyridine rings is 1. The quantitative estimate of drug-likeness (QED) is 0.256. The summed E-state index contributed by atoms with van der Waals surface area (Å²) in [7, 11) is 0. The standard InChI is InChI=1S/C30H27Cl2N3O5S/c1-3-39-29(37)24-20(22-8-6-10-41-22)14-21-25(27(24)36)23(16-7-5-9-34-15-16)26(30(38)40-4-2)28(33)35(21)19-12-17(31)11-18(32)13-19/h5-13,15,20,23-24H,3-4,14,33H2,1-2H3/t20-,23+,24+/m1/s1. The van der Waals surface area contributed by atoms with Gasteiger partial charge in [0.05, 0.1) is 30.4 Å². The van der Waals surface area contributed by atoms with Gasteiger partial charge in [-0.15, -0.1) is 11.3 Å². The maximum absolute atomic E-state index is 14.6. The largest absolute Gasteiger partial charge is 0.465 e. The number of carbonyl (C=O) groups is 3. The summed E-state index contributed by atoms with van der Waals surface area (Å²) in [6.45, 7) is 3.59. The third kappa shape index (κ3) is 5.37. The molecule has 1 aromatic carbocycles. The number of anilines is 1. The average molecular weight is 613 g/mol. The van der Waals surface area contributed by atoms with Crippen molar-refractivity contribution in [1.82, 2.24) is 4.98 Å². The maximum Gasteiger partial charge on any atom is 0.338 e. The molecule has 0 amide bonds. The summed E-state index contributed by atoms with van der Waals surface area (Å²) >= 11 is 14.2. The Hall–Kier alpha value is -3.66. The van der Waals surface area contributed by atoms with Crippen molar-refractivity contribution in [3.63, 3.8) is 0 Å². The monoisotopic (exact) mass is 611 g/mol. The van der Waals surface area contributed by atoms with Crippen molar-refractivity contribution in [2.24, 2.45) is 11.7 Å². The Balaban J connectivity index is 1.83. The molecule has 11 heteroatoms. The van der Waals surface area contributed by atoms with Gasteiger partial charge in [-0.3, -0.25) is 19.5 Å². The zero-order valence-electron chi connectivity index (χ0n) is 22.3. The molecule has 41 heavy (non-hydrogen) atoms. The molecular weight excluding hydrogens is 585 g/mol. The van der Waals surface area contributed by atoms with Crippen molar-refractivity contribution in [2.75, 3.05) is 18.1 Å². The van der Waals surface area contributed by atoms with Crippen molar-refractivity contribution in [3.8, 4) is 0 Å². The van der Waals surface area contributed by atoms with E-state index in [-0.39, 0.29) is 36.6 Å². The number of rotatable bonds is 7. The Kier molecular flexibility index (Phi) is 8.49. The number of halogens is 2.